The summed E-state index contributed by atoms with van der Waals surface area (Å²) in [4.78, 5) is 20.2. The van der Waals surface area contributed by atoms with Gasteiger partial charge in [0.15, 0.2) is 5.17 Å². The highest BCUT2D eigenvalue weighted by molar-refractivity contribution is 8.18. The van der Waals surface area contributed by atoms with E-state index in [4.69, 9.17) is 11.6 Å². The normalized spacial score (nSPS) is 15.9. The highest BCUT2D eigenvalue weighted by atomic mass is 35.5. The number of nitrogens with one attached hydrogen (secondary N) is 1. The summed E-state index contributed by atoms with van der Waals surface area (Å²) in [6.07, 6.45) is 1.94. The van der Waals surface area contributed by atoms with Crippen LogP contribution in [0.1, 0.15) is 36.4 Å². The molecule has 0 atom stereocenters. The van der Waals surface area contributed by atoms with Crippen LogP contribution < -0.4 is 10.2 Å². The summed E-state index contributed by atoms with van der Waals surface area (Å²) in [6, 6.07) is 16.3. The maximum absolute atomic E-state index is 12.6. The van der Waals surface area contributed by atoms with Crippen LogP contribution in [0.3, 0.4) is 0 Å². The lowest BCUT2D eigenvalue weighted by Crippen LogP contribution is -2.21. The van der Waals surface area contributed by atoms with E-state index in [2.05, 4.69) is 77.8 Å². The van der Waals surface area contributed by atoms with Gasteiger partial charge in [0.1, 0.15) is 0 Å². The van der Waals surface area contributed by atoms with Crippen LogP contribution in [0.2, 0.25) is 5.02 Å². The van der Waals surface area contributed by atoms with Crippen molar-refractivity contribution in [3.05, 3.63) is 81.0 Å². The summed E-state index contributed by atoms with van der Waals surface area (Å²) >= 11 is 7.55. The summed E-state index contributed by atoms with van der Waals surface area (Å²) in [5, 5.41) is 4.09. The van der Waals surface area contributed by atoms with Gasteiger partial charge in [-0.2, -0.15) is 0 Å². The molecule has 34 heavy (non-hydrogen) atoms. The Labute approximate surface area is 210 Å². The second kappa shape index (κ2) is 10.1. The number of nitrogens with zero attached hydrogens (tertiary/aromatic N) is 3. The number of amides is 1. The average molecular weight is 493 g/mol. The fourth-order valence-electron chi connectivity index (χ4n) is 4.18. The molecule has 7 heteroatoms. The van der Waals surface area contributed by atoms with Gasteiger partial charge in [-0.3, -0.25) is 4.79 Å². The minimum atomic E-state index is -0.142. The molecule has 1 amide bonds. The molecule has 1 fully saturated rings. The predicted molar refractivity (Wildman–Crippen MR) is 146 cm³/mol. The van der Waals surface area contributed by atoms with E-state index in [-0.39, 0.29) is 5.91 Å². The van der Waals surface area contributed by atoms with E-state index in [1.54, 1.807) is 0 Å². The maximum atomic E-state index is 12.6. The lowest BCUT2D eigenvalue weighted by atomic mass is 10.2. The molecule has 5 nitrogen and oxygen atoms in total. The minimum Gasteiger partial charge on any atom is -0.372 e. The Morgan fingerprint density at radius 2 is 1.79 bits per heavy atom. The van der Waals surface area contributed by atoms with Crippen LogP contribution >= 0.6 is 23.4 Å². The number of rotatable bonds is 6. The minimum absolute atomic E-state index is 0.142. The number of carbonyl (C=O) groups is 1. The van der Waals surface area contributed by atoms with Crippen LogP contribution in [0, 0.1) is 20.8 Å². The number of aryl methyl sites for hydroxylation is 1. The van der Waals surface area contributed by atoms with E-state index < -0.39 is 0 Å². The monoisotopic (exact) mass is 492 g/mol. The van der Waals surface area contributed by atoms with Crippen LogP contribution in [0.25, 0.3) is 11.8 Å². The molecule has 2 aromatic carbocycles. The number of benzene rings is 2. The zero-order chi connectivity index (χ0) is 24.4. The van der Waals surface area contributed by atoms with Gasteiger partial charge in [-0.25, -0.2) is 4.99 Å². The number of anilines is 1. The molecule has 0 aliphatic carbocycles. The number of thioether (sulfide) groups is 1. The van der Waals surface area contributed by atoms with Crippen LogP contribution in [0.15, 0.2) is 58.4 Å². The van der Waals surface area contributed by atoms with Crippen LogP contribution in [0.4, 0.5) is 11.4 Å². The molecular weight excluding hydrogens is 464 g/mol. The summed E-state index contributed by atoms with van der Waals surface area (Å²) < 4.78 is 2.22. The molecule has 1 N–H and O–H groups in total. The van der Waals surface area contributed by atoms with Gasteiger partial charge < -0.3 is 14.8 Å². The topological polar surface area (TPSA) is 49.6 Å². The third-order valence-corrected chi connectivity index (χ3v) is 7.42. The van der Waals surface area contributed by atoms with Gasteiger partial charge in [0.25, 0.3) is 5.91 Å². The third kappa shape index (κ3) is 4.79. The number of amidine groups is 1. The molecular formula is C27H29ClN4OS. The van der Waals surface area contributed by atoms with Crippen molar-refractivity contribution < 1.29 is 4.79 Å². The smallest absolute Gasteiger partial charge is 0.264 e. The van der Waals surface area contributed by atoms with Crippen molar-refractivity contribution in [2.24, 2.45) is 4.99 Å². The van der Waals surface area contributed by atoms with Crippen molar-refractivity contribution in [2.75, 3.05) is 18.0 Å². The summed E-state index contributed by atoms with van der Waals surface area (Å²) in [5.41, 5.74) is 7.19. The molecule has 0 radical (unpaired) electrons. The highest BCUT2D eigenvalue weighted by Gasteiger charge is 2.25. The van der Waals surface area contributed by atoms with Crippen LogP contribution in [0.5, 0.6) is 0 Å². The fraction of sp³-hybridized carbons (Fsp3) is 0.259. The third-order valence-electron chi connectivity index (χ3n) is 6.11. The summed E-state index contributed by atoms with van der Waals surface area (Å²) in [7, 11) is 0. The summed E-state index contributed by atoms with van der Waals surface area (Å²) in [5.74, 6) is -0.142. The Hall–Kier alpha value is -2.96. The molecule has 1 aliphatic rings. The zero-order valence-corrected chi connectivity index (χ0v) is 21.7. The molecule has 1 aromatic heterocycles. The first-order valence-corrected chi connectivity index (χ1v) is 12.6. The largest absolute Gasteiger partial charge is 0.372 e. The average Bonchev–Trinajstić information content (AvgIpc) is 3.30. The van der Waals surface area contributed by atoms with Crippen LogP contribution in [-0.4, -0.2) is 28.7 Å². The predicted octanol–water partition coefficient (Wildman–Crippen LogP) is 6.79. The Balaban J connectivity index is 1.61. The standard InChI is InChI=1S/C27H29ClN4OS/c1-6-31(7-2)21-11-13-22(14-12-21)32-17(3)15-20(19(32)5)16-25-26(33)30-27(34-25)29-24-10-8-9-23(28)18(24)4/h8-16H,6-7H2,1-5H3,(H,29,30,33)/b25-16+. The molecule has 1 saturated heterocycles. The first-order chi connectivity index (χ1) is 16.3. The number of halogens is 1. The second-order valence-corrected chi connectivity index (χ2v) is 9.65. The molecule has 0 saturated carbocycles. The van der Waals surface area contributed by atoms with Crippen molar-refractivity contribution in [3.63, 3.8) is 0 Å². The van der Waals surface area contributed by atoms with E-state index in [9.17, 15) is 4.79 Å². The van der Waals surface area contributed by atoms with Crippen molar-refractivity contribution in [1.82, 2.24) is 9.88 Å². The molecule has 176 valence electrons. The molecule has 0 spiro atoms. The Bertz CT molecular complexity index is 1290. The first kappa shape index (κ1) is 24.2. The van der Waals surface area contributed by atoms with E-state index in [1.165, 1.54) is 17.4 Å². The SMILES string of the molecule is CCN(CC)c1ccc(-n2c(C)cc(/C=C3/SC(=Nc4cccc(Cl)c4C)NC3=O)c2C)cc1. The lowest BCUT2D eigenvalue weighted by molar-refractivity contribution is -0.115. The highest BCUT2D eigenvalue weighted by Crippen LogP contribution is 2.32. The van der Waals surface area contributed by atoms with E-state index in [1.807, 2.05) is 31.2 Å². The maximum Gasteiger partial charge on any atom is 0.264 e. The van der Waals surface area contributed by atoms with E-state index in [0.717, 1.165) is 47.0 Å². The first-order valence-electron chi connectivity index (χ1n) is 11.4. The molecule has 2 heterocycles. The molecule has 0 unspecified atom stereocenters. The van der Waals surface area contributed by atoms with Gasteiger partial charge in [0.05, 0.1) is 10.6 Å². The van der Waals surface area contributed by atoms with Gasteiger partial charge in [-0.05, 0) is 106 Å². The van der Waals surface area contributed by atoms with Crippen LogP contribution in [-0.2, 0) is 4.79 Å². The van der Waals surface area contributed by atoms with Crippen molar-refractivity contribution in [2.45, 2.75) is 34.6 Å². The number of hydrogen-bond acceptors (Lipinski definition) is 4. The zero-order valence-electron chi connectivity index (χ0n) is 20.1. The van der Waals surface area contributed by atoms with E-state index >= 15 is 0 Å². The Morgan fingerprint density at radius 3 is 2.47 bits per heavy atom. The van der Waals surface area contributed by atoms with Crippen molar-refractivity contribution >= 4 is 51.9 Å². The lowest BCUT2D eigenvalue weighted by Gasteiger charge is -2.21. The second-order valence-electron chi connectivity index (χ2n) is 8.22. The Kier molecular flexibility index (Phi) is 7.19. The van der Waals surface area contributed by atoms with E-state index in [0.29, 0.717) is 15.1 Å². The quantitative estimate of drug-likeness (QED) is 0.385. The molecule has 3 aromatic rings. The number of carbonyl (C=O) groups excluding carboxylic acids is 1. The van der Waals surface area contributed by atoms with Gasteiger partial charge in [0, 0.05) is 40.9 Å². The number of aliphatic imine (C=N–C) groups is 1. The van der Waals surface area contributed by atoms with Gasteiger partial charge in [-0.1, -0.05) is 17.7 Å². The van der Waals surface area contributed by atoms with Gasteiger partial charge in [-0.15, -0.1) is 0 Å². The molecule has 1 aliphatic heterocycles. The number of aromatic nitrogens is 1. The van der Waals surface area contributed by atoms with Gasteiger partial charge >= 0.3 is 0 Å². The molecule has 0 bridgehead atoms. The molecule has 4 rings (SSSR count). The van der Waals surface area contributed by atoms with Crippen molar-refractivity contribution in [3.8, 4) is 5.69 Å². The number of hydrogen-bond donors (Lipinski definition) is 1. The van der Waals surface area contributed by atoms with Gasteiger partial charge in [0.2, 0.25) is 0 Å². The summed E-state index contributed by atoms with van der Waals surface area (Å²) in [6.45, 7) is 12.4. The Morgan fingerprint density at radius 1 is 1.09 bits per heavy atom. The van der Waals surface area contributed by atoms with Crippen molar-refractivity contribution in [1.29, 1.82) is 0 Å². The fourth-order valence-corrected chi connectivity index (χ4v) is 5.18.